The van der Waals surface area contributed by atoms with E-state index in [0.29, 0.717) is 5.02 Å². The zero-order chi connectivity index (χ0) is 25.8. The van der Waals surface area contributed by atoms with Crippen molar-refractivity contribution in [1.82, 2.24) is 9.80 Å². The number of amides is 1. The quantitative estimate of drug-likeness (QED) is 0.526. The number of carbonyl (C=O) groups excluding carboxylic acids is 2. The first kappa shape index (κ1) is 27.5. The highest BCUT2D eigenvalue weighted by Gasteiger charge is 2.28. The number of nitrogens with zero attached hydrogens (tertiary/aromatic N) is 2. The Bertz CT molecular complexity index is 1040. The maximum Gasteiger partial charge on any atom is 0.446 e. The Morgan fingerprint density at radius 1 is 1.06 bits per heavy atom. The van der Waals surface area contributed by atoms with Gasteiger partial charge in [-0.2, -0.15) is 13.2 Å². The largest absolute Gasteiger partial charge is 0.446 e. The van der Waals surface area contributed by atoms with Crippen molar-refractivity contribution in [2.24, 2.45) is 5.92 Å². The molecule has 1 atom stereocenters. The summed E-state index contributed by atoms with van der Waals surface area (Å²) >= 11 is 12.8. The van der Waals surface area contributed by atoms with Crippen molar-refractivity contribution in [1.29, 1.82) is 0 Å². The predicted molar refractivity (Wildman–Crippen MR) is 132 cm³/mol. The van der Waals surface area contributed by atoms with Gasteiger partial charge in [-0.15, -0.1) is 0 Å². The minimum Gasteiger partial charge on any atom is -0.326 e. The lowest BCUT2D eigenvalue weighted by Crippen LogP contribution is -2.35. The summed E-state index contributed by atoms with van der Waals surface area (Å²) in [4.78, 5) is 25.8. The smallest absolute Gasteiger partial charge is 0.326 e. The number of piperidine rings is 1. The third-order valence-electron chi connectivity index (χ3n) is 6.30. The Morgan fingerprint density at radius 3 is 2.23 bits per heavy atom. The van der Waals surface area contributed by atoms with Gasteiger partial charge in [-0.05, 0) is 81.0 Å². The van der Waals surface area contributed by atoms with Crippen molar-refractivity contribution in [3.8, 4) is 0 Å². The van der Waals surface area contributed by atoms with Crippen LogP contribution in [-0.4, -0.2) is 61.9 Å². The normalized spacial score (nSPS) is 19.3. The van der Waals surface area contributed by atoms with Crippen LogP contribution < -0.4 is 5.32 Å². The lowest BCUT2D eigenvalue weighted by molar-refractivity contribution is -0.156. The Morgan fingerprint density at radius 2 is 1.66 bits per heavy atom. The standard InChI is InChI=1S/C23H27Cl2N3O.C2HF3O/c1-27-9-7-16(8-10-27)23(29)26-18-5-3-15(4-6-18)20-13-28(2)14-21-19(20)11-17(24)12-22(21)25;3-2(4,5)1-6/h3-6,11-12,16,20H,7-10,13-14H2,1-2H3,(H,26,29);1H. The Balaban J connectivity index is 0.000000509. The Kier molecular flexibility index (Phi) is 9.21. The third kappa shape index (κ3) is 7.67. The number of fused-ring (bicyclic) bond motifs is 1. The highest BCUT2D eigenvalue weighted by Crippen LogP contribution is 2.38. The van der Waals surface area contributed by atoms with Gasteiger partial charge >= 0.3 is 6.18 Å². The molecule has 1 saturated heterocycles. The summed E-state index contributed by atoms with van der Waals surface area (Å²) in [6, 6.07) is 12.1. The second-order valence-electron chi connectivity index (χ2n) is 9.05. The predicted octanol–water partition coefficient (Wildman–Crippen LogP) is 5.60. The van der Waals surface area contributed by atoms with Gasteiger partial charge in [0.1, 0.15) is 0 Å². The number of halogens is 5. The van der Waals surface area contributed by atoms with Crippen LogP contribution in [0.4, 0.5) is 18.9 Å². The average Bonchev–Trinajstić information content (AvgIpc) is 2.80. The maximum absolute atomic E-state index is 12.6. The van der Waals surface area contributed by atoms with E-state index in [1.165, 1.54) is 11.1 Å². The van der Waals surface area contributed by atoms with Crippen LogP contribution in [0, 0.1) is 5.92 Å². The molecule has 0 spiro atoms. The van der Waals surface area contributed by atoms with Crippen LogP contribution in [0.3, 0.4) is 0 Å². The fourth-order valence-electron chi connectivity index (χ4n) is 4.44. The number of carbonyl (C=O) groups is 2. The van der Waals surface area contributed by atoms with E-state index in [-0.39, 0.29) is 17.7 Å². The van der Waals surface area contributed by atoms with Crippen LogP contribution in [0.15, 0.2) is 36.4 Å². The van der Waals surface area contributed by atoms with Gasteiger partial charge in [0.2, 0.25) is 12.2 Å². The monoisotopic (exact) mass is 529 g/mol. The SMILES string of the molecule is CN1CCC(C(=O)Nc2ccc(C3CN(C)Cc4c(Cl)cc(Cl)cc43)cc2)CC1.O=CC(F)(F)F. The molecule has 2 heterocycles. The lowest BCUT2D eigenvalue weighted by Gasteiger charge is -2.33. The van der Waals surface area contributed by atoms with Crippen LogP contribution in [0.1, 0.15) is 35.4 Å². The van der Waals surface area contributed by atoms with Gasteiger partial charge < -0.3 is 15.1 Å². The number of alkyl halides is 3. The summed E-state index contributed by atoms with van der Waals surface area (Å²) in [6.45, 7) is 3.70. The first-order chi connectivity index (χ1) is 16.5. The molecule has 5 nitrogen and oxygen atoms in total. The summed E-state index contributed by atoms with van der Waals surface area (Å²) in [5.74, 6) is 0.444. The van der Waals surface area contributed by atoms with Crippen molar-refractivity contribution in [2.75, 3.05) is 39.0 Å². The Hall–Kier alpha value is -2.13. The average molecular weight is 530 g/mol. The maximum atomic E-state index is 12.6. The molecule has 2 aromatic rings. The molecule has 4 rings (SSSR count). The third-order valence-corrected chi connectivity index (χ3v) is 6.85. The minimum absolute atomic E-state index is 0.106. The molecule has 1 amide bonds. The second kappa shape index (κ2) is 11.7. The van der Waals surface area contributed by atoms with E-state index in [1.54, 1.807) is 0 Å². The molecule has 1 N–H and O–H groups in total. The second-order valence-corrected chi connectivity index (χ2v) is 9.90. The van der Waals surface area contributed by atoms with E-state index in [9.17, 15) is 18.0 Å². The van der Waals surface area contributed by atoms with Crippen LogP contribution in [-0.2, 0) is 16.1 Å². The minimum atomic E-state index is -4.64. The van der Waals surface area contributed by atoms with Crippen LogP contribution >= 0.6 is 23.2 Å². The van der Waals surface area contributed by atoms with E-state index in [1.807, 2.05) is 24.3 Å². The molecule has 10 heteroatoms. The van der Waals surface area contributed by atoms with Crippen LogP contribution in [0.25, 0.3) is 0 Å². The molecule has 2 aromatic carbocycles. The van der Waals surface area contributed by atoms with Crippen LogP contribution in [0.5, 0.6) is 0 Å². The molecule has 0 aromatic heterocycles. The molecular formula is C25H28Cl2F3N3O2. The molecule has 1 fully saturated rings. The molecule has 0 bridgehead atoms. The highest BCUT2D eigenvalue weighted by molar-refractivity contribution is 6.35. The van der Waals surface area contributed by atoms with Gasteiger partial charge in [-0.1, -0.05) is 35.3 Å². The Labute approximate surface area is 213 Å². The first-order valence-corrected chi connectivity index (χ1v) is 12.0. The molecule has 35 heavy (non-hydrogen) atoms. The number of aldehydes is 1. The number of anilines is 1. The molecule has 1 unspecified atom stereocenters. The fraction of sp³-hybridized carbons (Fsp3) is 0.440. The highest BCUT2D eigenvalue weighted by atomic mass is 35.5. The topological polar surface area (TPSA) is 52.7 Å². The van der Waals surface area contributed by atoms with Gasteiger partial charge in [-0.3, -0.25) is 9.59 Å². The molecule has 2 aliphatic rings. The van der Waals surface area contributed by atoms with Gasteiger partial charge in [0.05, 0.1) is 0 Å². The van der Waals surface area contributed by atoms with E-state index in [4.69, 9.17) is 28.0 Å². The summed E-state index contributed by atoms with van der Waals surface area (Å²) in [6.07, 6.45) is -3.85. The van der Waals surface area contributed by atoms with E-state index in [0.717, 1.165) is 55.3 Å². The number of likely N-dealkylation sites (N-methyl/N-ethyl adjacent to an activating group) is 1. The van der Waals surface area contributed by atoms with Gasteiger partial charge in [0.15, 0.2) is 0 Å². The number of likely N-dealkylation sites (tertiary alicyclic amines) is 1. The van der Waals surface area contributed by atoms with E-state index >= 15 is 0 Å². The number of nitrogens with one attached hydrogen (secondary N) is 1. The number of hydrogen-bond donors (Lipinski definition) is 1. The molecule has 2 aliphatic heterocycles. The van der Waals surface area contributed by atoms with E-state index < -0.39 is 12.5 Å². The van der Waals surface area contributed by atoms with Gasteiger partial charge in [0.25, 0.3) is 0 Å². The van der Waals surface area contributed by atoms with Crippen molar-refractivity contribution < 1.29 is 22.8 Å². The van der Waals surface area contributed by atoms with Gasteiger partial charge in [0, 0.05) is 40.7 Å². The van der Waals surface area contributed by atoms with Crippen molar-refractivity contribution in [3.05, 3.63) is 63.1 Å². The number of rotatable bonds is 3. The fourth-order valence-corrected chi connectivity index (χ4v) is 5.01. The molecule has 0 aliphatic carbocycles. The first-order valence-electron chi connectivity index (χ1n) is 11.3. The number of benzene rings is 2. The molecular weight excluding hydrogens is 502 g/mol. The molecule has 0 saturated carbocycles. The summed E-state index contributed by atoms with van der Waals surface area (Å²) in [5.41, 5.74) is 4.40. The zero-order valence-corrected chi connectivity index (χ0v) is 21.1. The summed E-state index contributed by atoms with van der Waals surface area (Å²) in [7, 11) is 4.21. The lowest BCUT2D eigenvalue weighted by atomic mass is 9.84. The van der Waals surface area contributed by atoms with Crippen molar-refractivity contribution >= 4 is 41.1 Å². The number of hydrogen-bond acceptors (Lipinski definition) is 4. The van der Waals surface area contributed by atoms with E-state index in [2.05, 4.69) is 41.3 Å². The van der Waals surface area contributed by atoms with Crippen molar-refractivity contribution in [3.63, 3.8) is 0 Å². The van der Waals surface area contributed by atoms with Crippen LogP contribution in [0.2, 0.25) is 10.0 Å². The zero-order valence-electron chi connectivity index (χ0n) is 19.5. The van der Waals surface area contributed by atoms with Crippen molar-refractivity contribution in [2.45, 2.75) is 31.5 Å². The summed E-state index contributed by atoms with van der Waals surface area (Å²) < 4.78 is 31.2. The molecule has 0 radical (unpaired) electrons. The molecule has 190 valence electrons. The summed E-state index contributed by atoms with van der Waals surface area (Å²) in [5, 5.41) is 4.49. The van der Waals surface area contributed by atoms with Gasteiger partial charge in [-0.25, -0.2) is 0 Å².